The fraction of sp³-hybridized carbons (Fsp3) is 0.538. The molecule has 0 aliphatic heterocycles. The van der Waals surface area contributed by atoms with Crippen molar-refractivity contribution in [2.45, 2.75) is 44.1 Å². The average Bonchev–Trinajstić information content (AvgIpc) is 2.29. The number of rotatable bonds is 3. The van der Waals surface area contributed by atoms with E-state index in [4.69, 9.17) is 11.5 Å². The molecule has 1 aromatic rings. The largest absolute Gasteiger partial charge is 0.398 e. The van der Waals surface area contributed by atoms with E-state index in [9.17, 15) is 4.79 Å². The van der Waals surface area contributed by atoms with Gasteiger partial charge >= 0.3 is 0 Å². The molecule has 1 saturated carbocycles. The van der Waals surface area contributed by atoms with Crippen molar-refractivity contribution in [2.24, 2.45) is 5.73 Å². The lowest BCUT2D eigenvalue weighted by atomic mass is 9.78. The van der Waals surface area contributed by atoms with E-state index in [0.29, 0.717) is 17.7 Å². The molecule has 0 saturated heterocycles. The van der Waals surface area contributed by atoms with Gasteiger partial charge in [0.25, 0.3) is 0 Å². The van der Waals surface area contributed by atoms with Crippen LogP contribution in [0.3, 0.4) is 0 Å². The minimum Gasteiger partial charge on any atom is -0.398 e. The molecule has 2 rings (SSSR count). The molecule has 0 radical (unpaired) electrons. The van der Waals surface area contributed by atoms with Crippen molar-refractivity contribution in [3.05, 3.63) is 24.0 Å². The summed E-state index contributed by atoms with van der Waals surface area (Å²) in [4.78, 5) is 16.1. The zero-order valence-electron chi connectivity index (χ0n) is 9.98. The summed E-state index contributed by atoms with van der Waals surface area (Å²) < 4.78 is 0. The SMILES string of the molecule is Nc1ccncc1C(=O)CC1(N)CCCCC1. The van der Waals surface area contributed by atoms with Gasteiger partial charge in [0, 0.05) is 30.0 Å². The molecule has 1 aliphatic rings. The van der Waals surface area contributed by atoms with Gasteiger partial charge in [-0.15, -0.1) is 0 Å². The number of pyridine rings is 1. The topological polar surface area (TPSA) is 82.0 Å². The summed E-state index contributed by atoms with van der Waals surface area (Å²) in [6.07, 6.45) is 8.82. The summed E-state index contributed by atoms with van der Waals surface area (Å²) in [5, 5.41) is 0. The lowest BCUT2D eigenvalue weighted by Gasteiger charge is -2.32. The zero-order chi connectivity index (χ0) is 12.3. The Morgan fingerprint density at radius 1 is 1.35 bits per heavy atom. The number of carbonyl (C=O) groups is 1. The number of nitrogen functional groups attached to an aromatic ring is 1. The summed E-state index contributed by atoms with van der Waals surface area (Å²) in [5.74, 6) is 0.0139. The molecule has 1 fully saturated rings. The average molecular weight is 233 g/mol. The molecule has 4 heteroatoms. The summed E-state index contributed by atoms with van der Waals surface area (Å²) >= 11 is 0. The van der Waals surface area contributed by atoms with Gasteiger partial charge in [0.15, 0.2) is 5.78 Å². The third-order valence-corrected chi connectivity index (χ3v) is 3.52. The van der Waals surface area contributed by atoms with Crippen LogP contribution in [0.5, 0.6) is 0 Å². The minimum absolute atomic E-state index is 0.0139. The van der Waals surface area contributed by atoms with Crippen LogP contribution in [-0.4, -0.2) is 16.3 Å². The molecule has 1 heterocycles. The molecule has 0 bridgehead atoms. The fourth-order valence-electron chi connectivity index (χ4n) is 2.49. The highest BCUT2D eigenvalue weighted by molar-refractivity contribution is 6.00. The Morgan fingerprint density at radius 3 is 2.71 bits per heavy atom. The van der Waals surface area contributed by atoms with Crippen LogP contribution in [0.1, 0.15) is 48.9 Å². The van der Waals surface area contributed by atoms with Gasteiger partial charge in [-0.1, -0.05) is 19.3 Å². The first kappa shape index (κ1) is 12.0. The predicted octanol–water partition coefficient (Wildman–Crippen LogP) is 1.90. The second-order valence-corrected chi connectivity index (χ2v) is 4.99. The third-order valence-electron chi connectivity index (χ3n) is 3.52. The molecule has 92 valence electrons. The molecule has 0 aromatic carbocycles. The maximum Gasteiger partial charge on any atom is 0.168 e. The van der Waals surface area contributed by atoms with E-state index >= 15 is 0 Å². The highest BCUT2D eigenvalue weighted by Gasteiger charge is 2.30. The number of Topliss-reactive ketones (excluding diaryl/α,β-unsaturated/α-hetero) is 1. The Hall–Kier alpha value is -1.42. The van der Waals surface area contributed by atoms with Gasteiger partial charge in [-0.25, -0.2) is 0 Å². The molecule has 0 spiro atoms. The Balaban J connectivity index is 2.09. The van der Waals surface area contributed by atoms with Gasteiger partial charge < -0.3 is 11.5 Å². The Labute approximate surface area is 101 Å². The summed E-state index contributed by atoms with van der Waals surface area (Å²) in [7, 11) is 0. The van der Waals surface area contributed by atoms with Crippen molar-refractivity contribution in [3.63, 3.8) is 0 Å². The molecule has 17 heavy (non-hydrogen) atoms. The van der Waals surface area contributed by atoms with Crippen molar-refractivity contribution in [3.8, 4) is 0 Å². The standard InChI is InChI=1S/C13H19N3O/c14-11-4-7-16-9-10(11)12(17)8-13(15)5-2-1-3-6-13/h4,7,9H,1-3,5-6,8,15H2,(H2,14,16). The van der Waals surface area contributed by atoms with E-state index < -0.39 is 0 Å². The van der Waals surface area contributed by atoms with Crippen molar-refractivity contribution in [2.75, 3.05) is 5.73 Å². The number of nitrogens with zero attached hydrogens (tertiary/aromatic N) is 1. The maximum absolute atomic E-state index is 12.1. The summed E-state index contributed by atoms with van der Waals surface area (Å²) in [6, 6.07) is 1.65. The van der Waals surface area contributed by atoms with Crippen molar-refractivity contribution >= 4 is 11.5 Å². The van der Waals surface area contributed by atoms with Crippen LogP contribution in [0.15, 0.2) is 18.5 Å². The number of hydrogen-bond acceptors (Lipinski definition) is 4. The Bertz CT molecular complexity index is 411. The Morgan fingerprint density at radius 2 is 2.06 bits per heavy atom. The van der Waals surface area contributed by atoms with E-state index in [1.165, 1.54) is 12.6 Å². The number of hydrogen-bond donors (Lipinski definition) is 2. The zero-order valence-corrected chi connectivity index (χ0v) is 9.98. The summed E-state index contributed by atoms with van der Waals surface area (Å²) in [6.45, 7) is 0. The molecule has 1 aliphatic carbocycles. The van der Waals surface area contributed by atoms with Crippen LogP contribution in [-0.2, 0) is 0 Å². The van der Waals surface area contributed by atoms with Crippen LogP contribution >= 0.6 is 0 Å². The number of aromatic nitrogens is 1. The van der Waals surface area contributed by atoms with E-state index in [0.717, 1.165) is 25.7 Å². The lowest BCUT2D eigenvalue weighted by Crippen LogP contribution is -2.43. The van der Waals surface area contributed by atoms with Crippen LogP contribution in [0.2, 0.25) is 0 Å². The van der Waals surface area contributed by atoms with Gasteiger partial charge in [-0.3, -0.25) is 9.78 Å². The highest BCUT2D eigenvalue weighted by atomic mass is 16.1. The van der Waals surface area contributed by atoms with Crippen molar-refractivity contribution in [1.82, 2.24) is 4.98 Å². The van der Waals surface area contributed by atoms with Crippen LogP contribution in [0, 0.1) is 0 Å². The molecule has 1 aromatic heterocycles. The van der Waals surface area contributed by atoms with E-state index in [1.54, 1.807) is 12.3 Å². The first-order valence-corrected chi connectivity index (χ1v) is 6.12. The number of nitrogens with two attached hydrogens (primary N) is 2. The van der Waals surface area contributed by atoms with E-state index in [-0.39, 0.29) is 11.3 Å². The van der Waals surface area contributed by atoms with Crippen molar-refractivity contribution in [1.29, 1.82) is 0 Å². The molecule has 0 atom stereocenters. The monoisotopic (exact) mass is 233 g/mol. The number of carbonyl (C=O) groups excluding carboxylic acids is 1. The van der Waals surface area contributed by atoms with Gasteiger partial charge in [-0.2, -0.15) is 0 Å². The minimum atomic E-state index is -0.336. The van der Waals surface area contributed by atoms with Gasteiger partial charge in [0.05, 0.1) is 5.56 Å². The van der Waals surface area contributed by atoms with E-state index in [1.807, 2.05) is 0 Å². The summed E-state index contributed by atoms with van der Waals surface area (Å²) in [5.41, 5.74) is 12.7. The Kier molecular flexibility index (Phi) is 3.43. The predicted molar refractivity (Wildman–Crippen MR) is 67.6 cm³/mol. The second kappa shape index (κ2) is 4.84. The van der Waals surface area contributed by atoms with Gasteiger partial charge in [0.1, 0.15) is 0 Å². The molecule has 0 unspecified atom stereocenters. The molecule has 0 amide bonds. The molecular weight excluding hydrogens is 214 g/mol. The number of anilines is 1. The maximum atomic E-state index is 12.1. The van der Waals surface area contributed by atoms with E-state index in [2.05, 4.69) is 4.98 Å². The molecule has 4 N–H and O–H groups in total. The molecular formula is C13H19N3O. The first-order chi connectivity index (χ1) is 8.11. The van der Waals surface area contributed by atoms with Gasteiger partial charge in [-0.05, 0) is 18.9 Å². The quantitative estimate of drug-likeness (QED) is 0.781. The molecule has 4 nitrogen and oxygen atoms in total. The normalized spacial score (nSPS) is 18.9. The van der Waals surface area contributed by atoms with Crippen LogP contribution in [0.4, 0.5) is 5.69 Å². The smallest absolute Gasteiger partial charge is 0.168 e. The third kappa shape index (κ3) is 2.82. The first-order valence-electron chi connectivity index (χ1n) is 6.12. The van der Waals surface area contributed by atoms with Crippen molar-refractivity contribution < 1.29 is 4.79 Å². The van der Waals surface area contributed by atoms with Crippen LogP contribution in [0.25, 0.3) is 0 Å². The number of ketones is 1. The highest BCUT2D eigenvalue weighted by Crippen LogP contribution is 2.30. The lowest BCUT2D eigenvalue weighted by molar-refractivity contribution is 0.0935. The second-order valence-electron chi connectivity index (χ2n) is 4.99. The fourth-order valence-corrected chi connectivity index (χ4v) is 2.49. The van der Waals surface area contributed by atoms with Crippen LogP contribution < -0.4 is 11.5 Å². The van der Waals surface area contributed by atoms with Gasteiger partial charge in [0.2, 0.25) is 0 Å².